The van der Waals surface area contributed by atoms with Crippen molar-refractivity contribution < 1.29 is 14.3 Å². The lowest BCUT2D eigenvalue weighted by Crippen LogP contribution is -2.41. The van der Waals surface area contributed by atoms with Gasteiger partial charge in [-0.1, -0.05) is 12.1 Å². The summed E-state index contributed by atoms with van der Waals surface area (Å²) in [6, 6.07) is 13.2. The third-order valence-corrected chi connectivity index (χ3v) is 11.0. The molecule has 44 heavy (non-hydrogen) atoms. The van der Waals surface area contributed by atoms with Crippen LogP contribution in [-0.4, -0.2) is 74.6 Å². The lowest BCUT2D eigenvalue weighted by molar-refractivity contribution is -0.129. The van der Waals surface area contributed by atoms with E-state index >= 15 is 0 Å². The second-order valence-corrected chi connectivity index (χ2v) is 13.7. The van der Waals surface area contributed by atoms with Gasteiger partial charge in [0, 0.05) is 68.7 Å². The lowest BCUT2D eigenvalue weighted by Gasteiger charge is -2.31. The topological polar surface area (TPSA) is 98.6 Å². The number of nitrogens with zero attached hydrogens (tertiary/aromatic N) is 5. The summed E-state index contributed by atoms with van der Waals surface area (Å²) < 4.78 is 10.5. The third kappa shape index (κ3) is 4.42. The summed E-state index contributed by atoms with van der Waals surface area (Å²) >= 11 is 0. The van der Waals surface area contributed by atoms with Gasteiger partial charge in [0.05, 0.1) is 18.3 Å². The van der Waals surface area contributed by atoms with Gasteiger partial charge in [0.1, 0.15) is 11.3 Å². The maximum atomic E-state index is 13.7. The fourth-order valence-electron chi connectivity index (χ4n) is 8.26. The molecule has 230 valence electrons. The van der Waals surface area contributed by atoms with Crippen LogP contribution in [0.3, 0.4) is 0 Å². The Labute approximate surface area is 257 Å². The molecule has 0 spiro atoms. The summed E-state index contributed by atoms with van der Waals surface area (Å²) in [4.78, 5) is 34.7. The van der Waals surface area contributed by atoms with Gasteiger partial charge in [-0.15, -0.1) is 0 Å². The minimum Gasteiger partial charge on any atom is -0.494 e. The van der Waals surface area contributed by atoms with Crippen LogP contribution in [0.2, 0.25) is 0 Å². The molecule has 2 aromatic carbocycles. The van der Waals surface area contributed by atoms with Crippen molar-refractivity contribution in [1.82, 2.24) is 23.9 Å². The number of ether oxygens (including phenoxy) is 1. The summed E-state index contributed by atoms with van der Waals surface area (Å²) in [6.07, 6.45) is 6.60. The van der Waals surface area contributed by atoms with Crippen LogP contribution in [-0.2, 0) is 18.4 Å². The molecule has 9 heteroatoms. The number of amides is 2. The van der Waals surface area contributed by atoms with Crippen molar-refractivity contribution in [3.63, 3.8) is 0 Å². The van der Waals surface area contributed by atoms with Gasteiger partial charge in [0.15, 0.2) is 5.82 Å². The van der Waals surface area contributed by atoms with Gasteiger partial charge in [-0.2, -0.15) is 0 Å². The summed E-state index contributed by atoms with van der Waals surface area (Å²) in [6.45, 7) is 5.01. The van der Waals surface area contributed by atoms with E-state index in [1.165, 1.54) is 29.3 Å². The van der Waals surface area contributed by atoms with Crippen molar-refractivity contribution in [3.05, 3.63) is 47.5 Å². The molecule has 3 atom stereocenters. The normalized spacial score (nSPS) is 23.8. The number of rotatable bonds is 6. The predicted octanol–water partition coefficient (Wildman–Crippen LogP) is 4.90. The molecular weight excluding hydrogens is 552 g/mol. The highest BCUT2D eigenvalue weighted by Crippen LogP contribution is 2.41. The number of hydrogen-bond acceptors (Lipinski definition) is 5. The average Bonchev–Trinajstić information content (AvgIpc) is 3.44. The van der Waals surface area contributed by atoms with Crippen molar-refractivity contribution in [2.45, 2.75) is 70.0 Å². The maximum absolute atomic E-state index is 13.7. The van der Waals surface area contributed by atoms with E-state index in [4.69, 9.17) is 15.5 Å². The van der Waals surface area contributed by atoms with E-state index in [1.807, 2.05) is 29.0 Å². The number of imidazole rings is 1. The molecule has 2 saturated heterocycles. The molecule has 4 aromatic rings. The van der Waals surface area contributed by atoms with Crippen LogP contribution in [0.5, 0.6) is 5.75 Å². The SMILES string of the molecule is COc1cc(C(=O)N2CC3CCC2[C@@H]3N)cc2nc(-c3cc4ccc(C5CCN(C(C)=O)CC5)cc4n3CC3CC3)n(C)c12. The third-order valence-electron chi connectivity index (χ3n) is 11.0. The molecule has 9 nitrogen and oxygen atoms in total. The highest BCUT2D eigenvalue weighted by atomic mass is 16.5. The zero-order valence-corrected chi connectivity index (χ0v) is 26.0. The Bertz CT molecular complexity index is 1790. The predicted molar refractivity (Wildman–Crippen MR) is 171 cm³/mol. The van der Waals surface area contributed by atoms with E-state index in [0.29, 0.717) is 29.1 Å². The van der Waals surface area contributed by atoms with Gasteiger partial charge in [-0.25, -0.2) is 4.98 Å². The summed E-state index contributed by atoms with van der Waals surface area (Å²) in [5.41, 5.74) is 12.4. The van der Waals surface area contributed by atoms with E-state index in [-0.39, 0.29) is 23.9 Å². The molecule has 2 N–H and O–H groups in total. The second kappa shape index (κ2) is 10.4. The minimum absolute atomic E-state index is 0.0181. The minimum atomic E-state index is 0.0181. The van der Waals surface area contributed by atoms with Gasteiger partial charge < -0.3 is 29.4 Å². The summed E-state index contributed by atoms with van der Waals surface area (Å²) in [5, 5.41) is 1.21. The van der Waals surface area contributed by atoms with Crippen LogP contribution in [0.1, 0.15) is 67.3 Å². The molecule has 2 unspecified atom stereocenters. The highest BCUT2D eigenvalue weighted by molar-refractivity contribution is 6.00. The van der Waals surface area contributed by atoms with Crippen molar-refractivity contribution >= 4 is 33.8 Å². The zero-order valence-electron chi connectivity index (χ0n) is 26.0. The Kier molecular flexibility index (Phi) is 6.52. The first-order valence-electron chi connectivity index (χ1n) is 16.3. The number of aromatic nitrogens is 3. The number of hydrogen-bond donors (Lipinski definition) is 1. The molecular formula is C35H42N6O3. The molecule has 2 amide bonds. The van der Waals surface area contributed by atoms with Crippen molar-refractivity contribution in [2.24, 2.45) is 24.6 Å². The molecule has 2 saturated carbocycles. The van der Waals surface area contributed by atoms with Gasteiger partial charge in [0.25, 0.3) is 5.91 Å². The quantitative estimate of drug-likeness (QED) is 0.342. The largest absolute Gasteiger partial charge is 0.494 e. The number of nitrogens with two attached hydrogens (primary N) is 1. The lowest BCUT2D eigenvalue weighted by atomic mass is 9.89. The Hall–Kier alpha value is -3.85. The summed E-state index contributed by atoms with van der Waals surface area (Å²) in [7, 11) is 3.70. The van der Waals surface area contributed by atoms with E-state index < -0.39 is 0 Å². The Morgan fingerprint density at radius 1 is 1.02 bits per heavy atom. The molecule has 4 heterocycles. The Morgan fingerprint density at radius 2 is 1.82 bits per heavy atom. The molecule has 8 rings (SSSR count). The van der Waals surface area contributed by atoms with Crippen LogP contribution in [0.25, 0.3) is 33.5 Å². The number of carbonyl (C=O) groups is 2. The number of likely N-dealkylation sites (tertiary alicyclic amines) is 2. The Balaban J connectivity index is 1.18. The van der Waals surface area contributed by atoms with Crippen LogP contribution in [0, 0.1) is 11.8 Å². The Morgan fingerprint density at radius 3 is 2.48 bits per heavy atom. The fourth-order valence-corrected chi connectivity index (χ4v) is 8.26. The van der Waals surface area contributed by atoms with Crippen LogP contribution < -0.4 is 10.5 Å². The van der Waals surface area contributed by atoms with Crippen LogP contribution in [0.4, 0.5) is 0 Å². The standard InChI is InChI=1S/C35H42N6O3/c1-20(42)39-12-10-22(11-13-39)23-6-7-24-16-30(40(29(24)15-23)18-21-4-5-21)34-37-27-14-26(17-31(44-3)33(27)38(34)2)35(43)41-19-25-8-9-28(41)32(25)36/h6-7,14-17,21-22,25,28,32H,4-5,8-13,18-19,36H2,1-3H3/t25?,28?,32-/m1/s1. The second-order valence-electron chi connectivity index (χ2n) is 13.7. The smallest absolute Gasteiger partial charge is 0.254 e. The van der Waals surface area contributed by atoms with Crippen molar-refractivity contribution in [3.8, 4) is 17.3 Å². The average molecular weight is 595 g/mol. The molecule has 0 radical (unpaired) electrons. The number of benzene rings is 2. The van der Waals surface area contributed by atoms with Crippen LogP contribution in [0.15, 0.2) is 36.4 Å². The maximum Gasteiger partial charge on any atom is 0.254 e. The molecule has 4 fully saturated rings. The first kappa shape index (κ1) is 27.7. The van der Waals surface area contributed by atoms with Gasteiger partial charge in [-0.3, -0.25) is 9.59 Å². The van der Waals surface area contributed by atoms with Gasteiger partial charge in [-0.05, 0) is 86.1 Å². The molecule has 2 aromatic heterocycles. The number of aryl methyl sites for hydroxylation is 1. The number of fused-ring (bicyclic) bond motifs is 4. The highest BCUT2D eigenvalue weighted by Gasteiger charge is 2.47. The monoisotopic (exact) mass is 594 g/mol. The number of carbonyl (C=O) groups excluding carboxylic acids is 2. The van der Waals surface area contributed by atoms with E-state index in [9.17, 15) is 9.59 Å². The number of piperidine rings is 2. The van der Waals surface area contributed by atoms with E-state index in [0.717, 1.165) is 74.4 Å². The van der Waals surface area contributed by atoms with E-state index in [2.05, 4.69) is 33.4 Å². The zero-order chi connectivity index (χ0) is 30.3. The van der Waals surface area contributed by atoms with E-state index in [1.54, 1.807) is 14.0 Å². The van der Waals surface area contributed by atoms with Crippen LogP contribution >= 0.6 is 0 Å². The molecule has 2 aliphatic carbocycles. The van der Waals surface area contributed by atoms with Crippen molar-refractivity contribution in [2.75, 3.05) is 26.7 Å². The van der Waals surface area contributed by atoms with Gasteiger partial charge in [0.2, 0.25) is 5.91 Å². The molecule has 2 bridgehead atoms. The number of methoxy groups -OCH3 is 1. The molecule has 2 aliphatic heterocycles. The fraction of sp³-hybridized carbons (Fsp3) is 0.514. The van der Waals surface area contributed by atoms with Crippen molar-refractivity contribution in [1.29, 1.82) is 0 Å². The molecule has 4 aliphatic rings. The summed E-state index contributed by atoms with van der Waals surface area (Å²) in [5.74, 6) is 3.26. The van der Waals surface area contributed by atoms with Gasteiger partial charge >= 0.3 is 0 Å². The first-order valence-corrected chi connectivity index (χ1v) is 16.3. The first-order chi connectivity index (χ1) is 21.3.